The average molecular weight is 278 g/mol. The number of rotatable bonds is 3. The van der Waals surface area contributed by atoms with Crippen LogP contribution in [-0.2, 0) is 4.74 Å². The minimum Gasteiger partial charge on any atom is -0.454 e. The van der Waals surface area contributed by atoms with Gasteiger partial charge in [-0.3, -0.25) is 4.90 Å². The van der Waals surface area contributed by atoms with E-state index in [1.54, 1.807) is 0 Å². The molecule has 1 fully saturated rings. The van der Waals surface area contributed by atoms with Gasteiger partial charge in [0.1, 0.15) is 0 Å². The summed E-state index contributed by atoms with van der Waals surface area (Å²) in [5.41, 5.74) is 7.20. The molecular weight excluding hydrogens is 256 g/mol. The first-order valence-corrected chi connectivity index (χ1v) is 7.16. The molecule has 2 aliphatic heterocycles. The number of morpholine rings is 1. The van der Waals surface area contributed by atoms with E-state index >= 15 is 0 Å². The van der Waals surface area contributed by atoms with E-state index in [2.05, 4.69) is 24.8 Å². The first-order chi connectivity index (χ1) is 9.67. The molecule has 3 atom stereocenters. The fraction of sp³-hybridized carbons (Fsp3) is 0.600. The Labute approximate surface area is 119 Å². The largest absolute Gasteiger partial charge is 0.454 e. The predicted molar refractivity (Wildman–Crippen MR) is 75.9 cm³/mol. The summed E-state index contributed by atoms with van der Waals surface area (Å²) in [6, 6.07) is 6.28. The topological polar surface area (TPSA) is 57.0 Å². The van der Waals surface area contributed by atoms with Crippen molar-refractivity contribution in [3.8, 4) is 11.5 Å². The average Bonchev–Trinajstić information content (AvgIpc) is 2.86. The summed E-state index contributed by atoms with van der Waals surface area (Å²) >= 11 is 0. The Morgan fingerprint density at radius 3 is 2.60 bits per heavy atom. The molecule has 1 aromatic carbocycles. The van der Waals surface area contributed by atoms with E-state index in [1.165, 1.54) is 5.56 Å². The number of benzene rings is 1. The molecule has 1 aromatic rings. The number of nitrogens with zero attached hydrogens (tertiary/aromatic N) is 1. The zero-order chi connectivity index (χ0) is 14.1. The number of nitrogens with two attached hydrogens (primary N) is 1. The molecule has 0 aliphatic carbocycles. The number of ether oxygens (including phenoxy) is 3. The van der Waals surface area contributed by atoms with Crippen LogP contribution in [0, 0.1) is 0 Å². The molecule has 0 aromatic heterocycles. The van der Waals surface area contributed by atoms with Crippen molar-refractivity contribution >= 4 is 0 Å². The fourth-order valence-corrected chi connectivity index (χ4v) is 3.09. The van der Waals surface area contributed by atoms with Gasteiger partial charge < -0.3 is 19.9 Å². The normalized spacial score (nSPS) is 27.6. The summed E-state index contributed by atoms with van der Waals surface area (Å²) in [4.78, 5) is 2.40. The van der Waals surface area contributed by atoms with E-state index in [9.17, 15) is 0 Å². The van der Waals surface area contributed by atoms with Crippen LogP contribution in [0.25, 0.3) is 0 Å². The summed E-state index contributed by atoms with van der Waals surface area (Å²) in [6.45, 7) is 6.91. The van der Waals surface area contributed by atoms with Gasteiger partial charge in [-0.15, -0.1) is 0 Å². The van der Waals surface area contributed by atoms with Gasteiger partial charge in [0.2, 0.25) is 6.79 Å². The lowest BCUT2D eigenvalue weighted by molar-refractivity contribution is -0.0799. The lowest BCUT2D eigenvalue weighted by Crippen LogP contribution is -2.48. The highest BCUT2D eigenvalue weighted by Crippen LogP contribution is 2.35. The zero-order valence-corrected chi connectivity index (χ0v) is 12.0. The van der Waals surface area contributed by atoms with Crippen molar-refractivity contribution in [3.63, 3.8) is 0 Å². The Balaban J connectivity index is 1.82. The maximum atomic E-state index is 6.02. The molecule has 5 heteroatoms. The number of hydrogen-bond donors (Lipinski definition) is 1. The molecule has 0 spiro atoms. The minimum absolute atomic E-state index is 0.193. The van der Waals surface area contributed by atoms with Crippen molar-refractivity contribution in [1.82, 2.24) is 4.90 Å². The third kappa shape index (κ3) is 2.61. The maximum absolute atomic E-state index is 6.02. The smallest absolute Gasteiger partial charge is 0.231 e. The van der Waals surface area contributed by atoms with E-state index in [0.29, 0.717) is 13.3 Å². The van der Waals surface area contributed by atoms with E-state index < -0.39 is 0 Å². The number of fused-ring (bicyclic) bond motifs is 1. The van der Waals surface area contributed by atoms with Crippen LogP contribution in [0.15, 0.2) is 18.2 Å². The van der Waals surface area contributed by atoms with Crippen molar-refractivity contribution in [1.29, 1.82) is 0 Å². The Hall–Kier alpha value is -1.30. The molecule has 0 saturated carbocycles. The fourth-order valence-electron chi connectivity index (χ4n) is 3.09. The minimum atomic E-state index is 0.193. The van der Waals surface area contributed by atoms with Gasteiger partial charge in [-0.2, -0.15) is 0 Å². The second-order valence-corrected chi connectivity index (χ2v) is 5.58. The van der Waals surface area contributed by atoms with E-state index in [0.717, 1.165) is 24.6 Å². The highest BCUT2D eigenvalue weighted by molar-refractivity contribution is 5.45. The van der Waals surface area contributed by atoms with Gasteiger partial charge in [0.25, 0.3) is 0 Å². The van der Waals surface area contributed by atoms with Gasteiger partial charge in [-0.05, 0) is 31.5 Å². The van der Waals surface area contributed by atoms with Crippen molar-refractivity contribution in [2.45, 2.75) is 32.1 Å². The molecule has 2 heterocycles. The van der Waals surface area contributed by atoms with Gasteiger partial charge in [0, 0.05) is 25.7 Å². The molecule has 0 amide bonds. The van der Waals surface area contributed by atoms with Crippen LogP contribution >= 0.6 is 0 Å². The van der Waals surface area contributed by atoms with Gasteiger partial charge >= 0.3 is 0 Å². The van der Waals surface area contributed by atoms with Crippen LogP contribution in [0.1, 0.15) is 25.5 Å². The molecule has 3 rings (SSSR count). The summed E-state index contributed by atoms with van der Waals surface area (Å²) < 4.78 is 16.6. The molecule has 0 bridgehead atoms. The number of hydrogen-bond acceptors (Lipinski definition) is 5. The highest BCUT2D eigenvalue weighted by atomic mass is 16.7. The van der Waals surface area contributed by atoms with Gasteiger partial charge in [0.15, 0.2) is 11.5 Å². The first-order valence-electron chi connectivity index (χ1n) is 7.16. The van der Waals surface area contributed by atoms with Crippen LogP contribution in [0.3, 0.4) is 0 Å². The third-order valence-electron chi connectivity index (χ3n) is 3.89. The van der Waals surface area contributed by atoms with Crippen LogP contribution in [-0.4, -0.2) is 43.5 Å². The maximum Gasteiger partial charge on any atom is 0.231 e. The van der Waals surface area contributed by atoms with Crippen LogP contribution in [0.5, 0.6) is 11.5 Å². The molecule has 20 heavy (non-hydrogen) atoms. The molecule has 2 N–H and O–H groups in total. The van der Waals surface area contributed by atoms with E-state index in [1.807, 2.05) is 12.1 Å². The first kappa shape index (κ1) is 13.7. The Morgan fingerprint density at radius 2 is 1.90 bits per heavy atom. The van der Waals surface area contributed by atoms with Crippen molar-refractivity contribution in [3.05, 3.63) is 23.8 Å². The van der Waals surface area contributed by atoms with E-state index in [4.69, 9.17) is 19.9 Å². The molecule has 0 radical (unpaired) electrons. The van der Waals surface area contributed by atoms with Crippen molar-refractivity contribution in [2.75, 3.05) is 26.4 Å². The summed E-state index contributed by atoms with van der Waals surface area (Å²) in [5.74, 6) is 1.63. The highest BCUT2D eigenvalue weighted by Gasteiger charge is 2.29. The van der Waals surface area contributed by atoms with Crippen LogP contribution in [0.4, 0.5) is 0 Å². The zero-order valence-electron chi connectivity index (χ0n) is 12.0. The van der Waals surface area contributed by atoms with Gasteiger partial charge in [0.05, 0.1) is 12.2 Å². The van der Waals surface area contributed by atoms with Crippen LogP contribution < -0.4 is 15.2 Å². The summed E-state index contributed by atoms with van der Waals surface area (Å²) in [7, 11) is 0. The quantitative estimate of drug-likeness (QED) is 0.908. The Morgan fingerprint density at radius 1 is 1.20 bits per heavy atom. The predicted octanol–water partition coefficient (Wildman–Crippen LogP) is 1.52. The van der Waals surface area contributed by atoms with Crippen molar-refractivity contribution < 1.29 is 14.2 Å². The Bertz CT molecular complexity index is 470. The molecule has 110 valence electrons. The summed E-state index contributed by atoms with van der Waals surface area (Å²) in [6.07, 6.45) is 0.476. The molecule has 3 unspecified atom stereocenters. The molecule has 5 nitrogen and oxygen atoms in total. The lowest BCUT2D eigenvalue weighted by Gasteiger charge is -2.40. The molecule has 2 aliphatic rings. The second-order valence-electron chi connectivity index (χ2n) is 5.58. The van der Waals surface area contributed by atoms with Gasteiger partial charge in [-0.1, -0.05) is 6.07 Å². The second kappa shape index (κ2) is 5.60. The lowest BCUT2D eigenvalue weighted by atomic mass is 10.0. The van der Waals surface area contributed by atoms with Crippen LogP contribution in [0.2, 0.25) is 0 Å². The standard InChI is InChI=1S/C15H22N2O3/c1-10-7-17(8-11(2)20-10)13(6-16)12-3-4-14-15(5-12)19-9-18-14/h3-5,10-11,13H,6-9,16H2,1-2H3. The molecular formula is C15H22N2O3. The molecule has 1 saturated heterocycles. The third-order valence-corrected chi connectivity index (χ3v) is 3.89. The summed E-state index contributed by atoms with van der Waals surface area (Å²) in [5, 5.41) is 0. The Kier molecular flexibility index (Phi) is 3.83. The monoisotopic (exact) mass is 278 g/mol. The SMILES string of the molecule is CC1CN(C(CN)c2ccc3c(c2)OCO3)CC(C)O1. The van der Waals surface area contributed by atoms with E-state index in [-0.39, 0.29) is 18.2 Å². The van der Waals surface area contributed by atoms with Crippen molar-refractivity contribution in [2.24, 2.45) is 5.73 Å². The van der Waals surface area contributed by atoms with Gasteiger partial charge in [-0.25, -0.2) is 0 Å².